The van der Waals surface area contributed by atoms with Crippen molar-refractivity contribution in [3.8, 4) is 0 Å². The molecule has 1 amide bonds. The minimum Gasteiger partial charge on any atom is -0.383 e. The number of aliphatic hydroxyl groups excluding tert-OH is 2. The Hall–Kier alpha value is -2.68. The number of rotatable bonds is 5. The maximum atomic E-state index is 13.1. The highest BCUT2D eigenvalue weighted by molar-refractivity contribution is 7.18. The van der Waals surface area contributed by atoms with Gasteiger partial charge in [0.1, 0.15) is 16.9 Å². The van der Waals surface area contributed by atoms with Gasteiger partial charge in [-0.15, -0.1) is 11.3 Å². The van der Waals surface area contributed by atoms with Gasteiger partial charge in [0.15, 0.2) is 11.9 Å². The number of ketones is 1. The zero-order chi connectivity index (χ0) is 21.3. The number of aliphatic hydroxyl groups is 2. The third-order valence-corrected chi connectivity index (χ3v) is 6.46. The van der Waals surface area contributed by atoms with Crippen molar-refractivity contribution in [1.82, 2.24) is 9.88 Å². The Balaban J connectivity index is 1.45. The Bertz CT molecular complexity index is 1040. The number of fused-ring (bicyclic) bond motifs is 1. The zero-order valence-corrected chi connectivity index (χ0v) is 16.9. The Morgan fingerprint density at radius 1 is 1.13 bits per heavy atom. The standard InChI is InChI=1S/C22H21FN2O4S/c23-15-9-7-13(8-10-15)18(26)14-4-3-11-25(12-14)22(29)20(28)19(27)21-24-16-5-1-2-6-17(16)30-21/h1-2,5-10,14,19-20,27-28H,3-4,11-12H2/t14-,19+,20-/m1/s1. The van der Waals surface area contributed by atoms with Crippen molar-refractivity contribution < 1.29 is 24.2 Å². The summed E-state index contributed by atoms with van der Waals surface area (Å²) in [5.41, 5.74) is 1.09. The van der Waals surface area contributed by atoms with Crippen LogP contribution in [0, 0.1) is 11.7 Å². The Labute approximate surface area is 176 Å². The molecular weight excluding hydrogens is 407 g/mol. The van der Waals surface area contributed by atoms with E-state index in [1.165, 1.54) is 40.5 Å². The van der Waals surface area contributed by atoms with Crippen molar-refractivity contribution in [2.45, 2.75) is 25.0 Å². The van der Waals surface area contributed by atoms with Gasteiger partial charge in [-0.3, -0.25) is 9.59 Å². The summed E-state index contributed by atoms with van der Waals surface area (Å²) < 4.78 is 14.0. The summed E-state index contributed by atoms with van der Waals surface area (Å²) in [7, 11) is 0. The van der Waals surface area contributed by atoms with E-state index in [-0.39, 0.29) is 17.3 Å². The molecule has 30 heavy (non-hydrogen) atoms. The number of carbonyl (C=O) groups is 2. The van der Waals surface area contributed by atoms with E-state index >= 15 is 0 Å². The molecule has 156 valence electrons. The lowest BCUT2D eigenvalue weighted by Crippen LogP contribution is -2.48. The largest absolute Gasteiger partial charge is 0.383 e. The van der Waals surface area contributed by atoms with Crippen LogP contribution in [0.1, 0.15) is 34.3 Å². The van der Waals surface area contributed by atoms with Crippen LogP contribution in [0.5, 0.6) is 0 Å². The highest BCUT2D eigenvalue weighted by atomic mass is 32.1. The maximum absolute atomic E-state index is 13.1. The number of amides is 1. The molecule has 1 aromatic heterocycles. The molecule has 2 heterocycles. The molecule has 0 aliphatic carbocycles. The molecule has 3 atom stereocenters. The van der Waals surface area contributed by atoms with E-state index in [2.05, 4.69) is 4.98 Å². The summed E-state index contributed by atoms with van der Waals surface area (Å²) in [6.45, 7) is 0.550. The Morgan fingerprint density at radius 2 is 1.87 bits per heavy atom. The molecule has 2 aromatic carbocycles. The van der Waals surface area contributed by atoms with Crippen LogP contribution in [0.3, 0.4) is 0 Å². The third-order valence-electron chi connectivity index (χ3n) is 5.35. The van der Waals surface area contributed by atoms with Crippen molar-refractivity contribution >= 4 is 33.2 Å². The smallest absolute Gasteiger partial charge is 0.254 e. The topological polar surface area (TPSA) is 90.7 Å². The van der Waals surface area contributed by atoms with Gasteiger partial charge in [0.25, 0.3) is 5.91 Å². The summed E-state index contributed by atoms with van der Waals surface area (Å²) in [5, 5.41) is 21.3. The van der Waals surface area contributed by atoms with Gasteiger partial charge < -0.3 is 15.1 Å². The number of piperidine rings is 1. The highest BCUT2D eigenvalue weighted by Gasteiger charge is 2.35. The van der Waals surface area contributed by atoms with Crippen LogP contribution in [-0.2, 0) is 4.79 Å². The molecule has 0 spiro atoms. The van der Waals surface area contributed by atoms with Crippen molar-refractivity contribution in [3.63, 3.8) is 0 Å². The fraction of sp³-hybridized carbons (Fsp3) is 0.318. The predicted molar refractivity (Wildman–Crippen MR) is 111 cm³/mol. The molecule has 0 bridgehead atoms. The molecule has 1 fully saturated rings. The number of para-hydroxylation sites is 1. The number of nitrogens with zero attached hydrogens (tertiary/aromatic N) is 2. The number of Topliss-reactive ketones (excluding diaryl/α,β-unsaturated/α-hetero) is 1. The van der Waals surface area contributed by atoms with E-state index in [9.17, 15) is 24.2 Å². The van der Waals surface area contributed by atoms with Crippen molar-refractivity contribution in [2.75, 3.05) is 13.1 Å². The number of carbonyl (C=O) groups excluding carboxylic acids is 2. The number of likely N-dealkylation sites (tertiary alicyclic amines) is 1. The molecular formula is C22H21FN2O4S. The number of thiazole rings is 1. The molecule has 1 aliphatic rings. The fourth-order valence-electron chi connectivity index (χ4n) is 3.71. The van der Waals surface area contributed by atoms with E-state index in [0.29, 0.717) is 30.5 Å². The van der Waals surface area contributed by atoms with E-state index in [1.54, 1.807) is 6.07 Å². The molecule has 4 rings (SSSR count). The Morgan fingerprint density at radius 3 is 2.60 bits per heavy atom. The minimum atomic E-state index is -1.66. The number of halogens is 1. The van der Waals surface area contributed by atoms with Crippen LogP contribution in [0.15, 0.2) is 48.5 Å². The molecule has 8 heteroatoms. The molecule has 0 saturated carbocycles. The van der Waals surface area contributed by atoms with Gasteiger partial charge in [-0.1, -0.05) is 12.1 Å². The van der Waals surface area contributed by atoms with Crippen LogP contribution >= 0.6 is 11.3 Å². The average Bonchev–Trinajstić information content (AvgIpc) is 3.22. The number of benzene rings is 2. The van der Waals surface area contributed by atoms with Gasteiger partial charge in [-0.25, -0.2) is 9.37 Å². The van der Waals surface area contributed by atoms with Crippen LogP contribution < -0.4 is 0 Å². The quantitative estimate of drug-likeness (QED) is 0.610. The second kappa shape index (κ2) is 8.59. The lowest BCUT2D eigenvalue weighted by atomic mass is 9.89. The van der Waals surface area contributed by atoms with Gasteiger partial charge in [0, 0.05) is 24.6 Å². The first-order chi connectivity index (χ1) is 14.4. The first kappa shape index (κ1) is 20.6. The van der Waals surface area contributed by atoms with E-state index in [4.69, 9.17) is 0 Å². The molecule has 3 aromatic rings. The summed E-state index contributed by atoms with van der Waals surface area (Å²) >= 11 is 1.23. The van der Waals surface area contributed by atoms with E-state index in [0.717, 1.165) is 4.70 Å². The summed E-state index contributed by atoms with van der Waals surface area (Å²) in [5.74, 6) is -1.63. The summed E-state index contributed by atoms with van der Waals surface area (Å²) in [6.07, 6.45) is -1.89. The lowest BCUT2D eigenvalue weighted by Gasteiger charge is -2.34. The van der Waals surface area contributed by atoms with Crippen molar-refractivity contribution in [1.29, 1.82) is 0 Å². The molecule has 0 radical (unpaired) electrons. The third kappa shape index (κ3) is 4.12. The second-order valence-electron chi connectivity index (χ2n) is 7.40. The van der Waals surface area contributed by atoms with Gasteiger partial charge in [0.05, 0.1) is 10.2 Å². The normalized spacial score (nSPS) is 18.9. The maximum Gasteiger partial charge on any atom is 0.254 e. The van der Waals surface area contributed by atoms with Gasteiger partial charge in [0.2, 0.25) is 0 Å². The SMILES string of the molecule is O=C(c1ccc(F)cc1)[C@@H]1CCCN(C(=O)[C@H](O)[C@H](O)c2nc3ccccc3s2)C1. The first-order valence-electron chi connectivity index (χ1n) is 9.74. The summed E-state index contributed by atoms with van der Waals surface area (Å²) in [6, 6.07) is 12.7. The van der Waals surface area contributed by atoms with Gasteiger partial charge >= 0.3 is 0 Å². The van der Waals surface area contributed by atoms with E-state index in [1.807, 2.05) is 18.2 Å². The zero-order valence-electron chi connectivity index (χ0n) is 16.1. The van der Waals surface area contributed by atoms with Crippen LogP contribution in [0.25, 0.3) is 10.2 Å². The number of hydrogen-bond acceptors (Lipinski definition) is 6. The lowest BCUT2D eigenvalue weighted by molar-refractivity contribution is -0.148. The van der Waals surface area contributed by atoms with Gasteiger partial charge in [-0.05, 0) is 49.2 Å². The van der Waals surface area contributed by atoms with Crippen LogP contribution in [0.4, 0.5) is 4.39 Å². The molecule has 0 unspecified atom stereocenters. The van der Waals surface area contributed by atoms with Crippen LogP contribution in [0.2, 0.25) is 0 Å². The monoisotopic (exact) mass is 428 g/mol. The fourth-order valence-corrected chi connectivity index (χ4v) is 4.70. The van der Waals surface area contributed by atoms with Crippen LogP contribution in [-0.4, -0.2) is 51.0 Å². The number of hydrogen-bond donors (Lipinski definition) is 2. The first-order valence-corrected chi connectivity index (χ1v) is 10.6. The van der Waals surface area contributed by atoms with Crippen molar-refractivity contribution in [3.05, 3.63) is 64.9 Å². The minimum absolute atomic E-state index is 0.151. The molecule has 6 nitrogen and oxygen atoms in total. The molecule has 2 N–H and O–H groups in total. The Kier molecular flexibility index (Phi) is 5.90. The highest BCUT2D eigenvalue weighted by Crippen LogP contribution is 2.29. The predicted octanol–water partition coefficient (Wildman–Crippen LogP) is 2.95. The summed E-state index contributed by atoms with van der Waals surface area (Å²) in [4.78, 5) is 31.3. The van der Waals surface area contributed by atoms with E-state index < -0.39 is 29.9 Å². The number of aromatic nitrogens is 1. The van der Waals surface area contributed by atoms with Gasteiger partial charge in [-0.2, -0.15) is 0 Å². The molecule has 1 aliphatic heterocycles. The second-order valence-corrected chi connectivity index (χ2v) is 8.47. The molecule has 1 saturated heterocycles. The average molecular weight is 428 g/mol. The van der Waals surface area contributed by atoms with Crippen molar-refractivity contribution in [2.24, 2.45) is 5.92 Å².